The lowest BCUT2D eigenvalue weighted by Crippen LogP contribution is -2.22. The Morgan fingerprint density at radius 2 is 2.08 bits per heavy atom. The summed E-state index contributed by atoms with van der Waals surface area (Å²) in [6, 6.07) is 8.38. The van der Waals surface area contributed by atoms with E-state index in [9.17, 15) is 0 Å². The summed E-state index contributed by atoms with van der Waals surface area (Å²) in [5, 5.41) is 3.27. The molecule has 1 aromatic carbocycles. The fourth-order valence-electron chi connectivity index (χ4n) is 1.13. The van der Waals surface area contributed by atoms with Crippen molar-refractivity contribution in [2.75, 3.05) is 13.1 Å². The molecule has 0 radical (unpaired) electrons. The first-order valence-corrected chi connectivity index (χ1v) is 4.30. The molecule has 0 aliphatic rings. The second kappa shape index (κ2) is 4.91. The van der Waals surface area contributed by atoms with Crippen molar-refractivity contribution in [2.45, 2.75) is 13.5 Å². The summed E-state index contributed by atoms with van der Waals surface area (Å²) in [7, 11) is 0. The molecule has 1 rings (SSSR count). The summed E-state index contributed by atoms with van der Waals surface area (Å²) in [5.74, 6) is 0. The van der Waals surface area contributed by atoms with E-state index in [4.69, 9.17) is 5.73 Å². The summed E-state index contributed by atoms with van der Waals surface area (Å²) >= 11 is 0. The lowest BCUT2D eigenvalue weighted by molar-refractivity contribution is 0.692. The normalized spacial score (nSPS) is 10.2. The Kier molecular flexibility index (Phi) is 3.77. The number of hydrogen-bond acceptors (Lipinski definition) is 2. The van der Waals surface area contributed by atoms with Crippen molar-refractivity contribution in [3.63, 3.8) is 0 Å². The van der Waals surface area contributed by atoms with E-state index in [2.05, 4.69) is 36.5 Å². The quantitative estimate of drug-likeness (QED) is 0.653. The Morgan fingerprint density at radius 1 is 1.33 bits per heavy atom. The second-order valence-electron chi connectivity index (χ2n) is 2.89. The van der Waals surface area contributed by atoms with E-state index in [1.54, 1.807) is 0 Å². The van der Waals surface area contributed by atoms with Gasteiger partial charge >= 0.3 is 0 Å². The third-order valence-corrected chi connectivity index (χ3v) is 1.90. The van der Waals surface area contributed by atoms with Crippen LogP contribution in [0.15, 0.2) is 24.3 Å². The molecule has 66 valence electrons. The molecule has 2 heteroatoms. The first-order valence-electron chi connectivity index (χ1n) is 4.30. The third-order valence-electron chi connectivity index (χ3n) is 1.90. The van der Waals surface area contributed by atoms with E-state index in [0.29, 0.717) is 6.54 Å². The van der Waals surface area contributed by atoms with Crippen molar-refractivity contribution in [3.05, 3.63) is 35.4 Å². The number of nitrogens with one attached hydrogen (secondary N) is 1. The number of hydrogen-bond donors (Lipinski definition) is 2. The Hall–Kier alpha value is -0.860. The number of rotatable bonds is 4. The Morgan fingerprint density at radius 3 is 2.75 bits per heavy atom. The highest BCUT2D eigenvalue weighted by molar-refractivity contribution is 5.25. The van der Waals surface area contributed by atoms with Crippen LogP contribution in [0.2, 0.25) is 0 Å². The maximum absolute atomic E-state index is 5.37. The molecule has 0 aromatic heterocycles. The molecule has 0 heterocycles. The molecule has 0 aliphatic heterocycles. The van der Waals surface area contributed by atoms with Gasteiger partial charge in [0.15, 0.2) is 0 Å². The maximum Gasteiger partial charge on any atom is 0.0208 e. The molecule has 0 atom stereocenters. The van der Waals surface area contributed by atoms with E-state index in [1.807, 2.05) is 0 Å². The van der Waals surface area contributed by atoms with Gasteiger partial charge in [0.2, 0.25) is 0 Å². The number of benzene rings is 1. The Labute approximate surface area is 73.8 Å². The zero-order valence-electron chi connectivity index (χ0n) is 7.51. The third kappa shape index (κ3) is 2.64. The van der Waals surface area contributed by atoms with Gasteiger partial charge in [-0.05, 0) is 18.1 Å². The first kappa shape index (κ1) is 9.23. The smallest absolute Gasteiger partial charge is 0.0208 e. The van der Waals surface area contributed by atoms with Gasteiger partial charge in [-0.3, -0.25) is 0 Å². The molecule has 3 N–H and O–H groups in total. The van der Waals surface area contributed by atoms with Gasteiger partial charge in [-0.25, -0.2) is 0 Å². The summed E-state index contributed by atoms with van der Waals surface area (Å²) in [6.07, 6.45) is 0. The predicted molar refractivity (Wildman–Crippen MR) is 51.9 cm³/mol. The number of nitrogens with two attached hydrogens (primary N) is 1. The van der Waals surface area contributed by atoms with E-state index in [1.165, 1.54) is 11.1 Å². The molecule has 0 saturated heterocycles. The first-order chi connectivity index (χ1) is 5.84. The zero-order valence-corrected chi connectivity index (χ0v) is 7.51. The summed E-state index contributed by atoms with van der Waals surface area (Å²) in [4.78, 5) is 0. The fraction of sp³-hybridized carbons (Fsp3) is 0.400. The van der Waals surface area contributed by atoms with Crippen LogP contribution in [0, 0.1) is 6.92 Å². The van der Waals surface area contributed by atoms with Crippen LogP contribution in [0.4, 0.5) is 0 Å². The van der Waals surface area contributed by atoms with Crippen molar-refractivity contribution in [2.24, 2.45) is 5.73 Å². The van der Waals surface area contributed by atoms with Crippen LogP contribution >= 0.6 is 0 Å². The SMILES string of the molecule is Cc1ccccc1CNCCN. The second-order valence-corrected chi connectivity index (χ2v) is 2.89. The molecule has 0 amide bonds. The van der Waals surface area contributed by atoms with Crippen LogP contribution in [-0.2, 0) is 6.54 Å². The van der Waals surface area contributed by atoms with Gasteiger partial charge in [0, 0.05) is 19.6 Å². The molecular formula is C10H16N2. The van der Waals surface area contributed by atoms with Crippen LogP contribution in [0.3, 0.4) is 0 Å². The molecule has 0 fully saturated rings. The van der Waals surface area contributed by atoms with Gasteiger partial charge in [0.05, 0.1) is 0 Å². The van der Waals surface area contributed by atoms with Crippen LogP contribution in [0.1, 0.15) is 11.1 Å². The van der Waals surface area contributed by atoms with Crippen molar-refractivity contribution in [3.8, 4) is 0 Å². The molecule has 2 nitrogen and oxygen atoms in total. The summed E-state index contributed by atoms with van der Waals surface area (Å²) in [6.45, 7) is 4.63. The Balaban J connectivity index is 2.46. The highest BCUT2D eigenvalue weighted by atomic mass is 14.9. The van der Waals surface area contributed by atoms with E-state index in [-0.39, 0.29) is 0 Å². The average Bonchev–Trinajstić information content (AvgIpc) is 2.09. The van der Waals surface area contributed by atoms with E-state index < -0.39 is 0 Å². The highest BCUT2D eigenvalue weighted by Gasteiger charge is 1.94. The minimum atomic E-state index is 0.700. The zero-order chi connectivity index (χ0) is 8.81. The van der Waals surface area contributed by atoms with Crippen molar-refractivity contribution in [1.29, 1.82) is 0 Å². The molecule has 0 saturated carbocycles. The van der Waals surface area contributed by atoms with Gasteiger partial charge in [0.25, 0.3) is 0 Å². The van der Waals surface area contributed by atoms with Crippen molar-refractivity contribution < 1.29 is 0 Å². The maximum atomic E-state index is 5.37. The molecule has 0 aliphatic carbocycles. The average molecular weight is 164 g/mol. The van der Waals surface area contributed by atoms with Gasteiger partial charge in [-0.2, -0.15) is 0 Å². The molecule has 0 bridgehead atoms. The van der Waals surface area contributed by atoms with E-state index in [0.717, 1.165) is 13.1 Å². The van der Waals surface area contributed by atoms with Crippen LogP contribution in [-0.4, -0.2) is 13.1 Å². The van der Waals surface area contributed by atoms with Crippen molar-refractivity contribution >= 4 is 0 Å². The van der Waals surface area contributed by atoms with Crippen LogP contribution in [0.25, 0.3) is 0 Å². The molecular weight excluding hydrogens is 148 g/mol. The fourth-order valence-corrected chi connectivity index (χ4v) is 1.13. The monoisotopic (exact) mass is 164 g/mol. The van der Waals surface area contributed by atoms with Gasteiger partial charge in [-0.15, -0.1) is 0 Å². The topological polar surface area (TPSA) is 38.0 Å². The van der Waals surface area contributed by atoms with Gasteiger partial charge in [-0.1, -0.05) is 24.3 Å². The van der Waals surface area contributed by atoms with Crippen LogP contribution < -0.4 is 11.1 Å². The Bertz CT molecular complexity index is 233. The van der Waals surface area contributed by atoms with Gasteiger partial charge < -0.3 is 11.1 Å². The van der Waals surface area contributed by atoms with E-state index >= 15 is 0 Å². The van der Waals surface area contributed by atoms with Gasteiger partial charge in [0.1, 0.15) is 0 Å². The van der Waals surface area contributed by atoms with Crippen LogP contribution in [0.5, 0.6) is 0 Å². The van der Waals surface area contributed by atoms with Crippen molar-refractivity contribution in [1.82, 2.24) is 5.32 Å². The molecule has 1 aromatic rings. The molecule has 0 spiro atoms. The minimum absolute atomic E-state index is 0.700. The predicted octanol–water partition coefficient (Wildman–Crippen LogP) is 1.04. The lowest BCUT2D eigenvalue weighted by atomic mass is 10.1. The largest absolute Gasteiger partial charge is 0.329 e. The highest BCUT2D eigenvalue weighted by Crippen LogP contribution is 2.05. The number of aryl methyl sites for hydroxylation is 1. The molecule has 0 unspecified atom stereocenters. The summed E-state index contributed by atoms with van der Waals surface area (Å²) in [5.41, 5.74) is 8.06. The lowest BCUT2D eigenvalue weighted by Gasteiger charge is -2.05. The standard InChI is InChI=1S/C10H16N2/c1-9-4-2-3-5-10(9)8-12-7-6-11/h2-5,12H,6-8,11H2,1H3. The summed E-state index contributed by atoms with van der Waals surface area (Å²) < 4.78 is 0. The molecule has 12 heavy (non-hydrogen) atoms. The minimum Gasteiger partial charge on any atom is -0.329 e.